The molecular weight excluding hydrogens is 449 g/mol. The van der Waals surface area contributed by atoms with Crippen LogP contribution in [0.5, 0.6) is 5.75 Å². The van der Waals surface area contributed by atoms with Crippen molar-refractivity contribution < 1.29 is 31.1 Å². The van der Waals surface area contributed by atoms with Crippen molar-refractivity contribution in [2.24, 2.45) is 5.92 Å². The number of pyridine rings is 1. The summed E-state index contributed by atoms with van der Waals surface area (Å²) in [5.74, 6) is -1.46. The van der Waals surface area contributed by atoms with Gasteiger partial charge in [0, 0.05) is 57.3 Å². The van der Waals surface area contributed by atoms with Crippen molar-refractivity contribution in [1.82, 2.24) is 14.2 Å². The van der Waals surface area contributed by atoms with Gasteiger partial charge in [-0.05, 0) is 24.3 Å². The van der Waals surface area contributed by atoms with Crippen molar-refractivity contribution in [1.29, 1.82) is 0 Å². The number of alkyl halides is 3. The van der Waals surface area contributed by atoms with Crippen LogP contribution in [0.3, 0.4) is 0 Å². The Morgan fingerprint density at radius 3 is 2.25 bits per heavy atom. The Balaban J connectivity index is 1.36. The first-order chi connectivity index (χ1) is 15.1. The summed E-state index contributed by atoms with van der Waals surface area (Å²) in [6.45, 7) is 2.15. The first-order valence-electron chi connectivity index (χ1n) is 9.94. The molecule has 2 aromatic rings. The van der Waals surface area contributed by atoms with Crippen molar-refractivity contribution in [3.63, 3.8) is 0 Å². The molecule has 1 amide bonds. The SMILES string of the molecule is O=C(C1CN(S(=O)(=O)c2ccccc2OC(F)(F)F)C1)N1CCN(c2ccncc2)CC1. The van der Waals surface area contributed by atoms with Gasteiger partial charge in [0.1, 0.15) is 10.6 Å². The van der Waals surface area contributed by atoms with Gasteiger partial charge in [0.05, 0.1) is 5.92 Å². The second-order valence-corrected chi connectivity index (χ2v) is 9.44. The Hall–Kier alpha value is -2.86. The van der Waals surface area contributed by atoms with Crippen LogP contribution in [0.25, 0.3) is 0 Å². The van der Waals surface area contributed by atoms with Crippen LogP contribution in [0.1, 0.15) is 0 Å². The molecule has 2 fully saturated rings. The number of nitrogens with zero attached hydrogens (tertiary/aromatic N) is 4. The van der Waals surface area contributed by atoms with Crippen molar-refractivity contribution in [3.8, 4) is 5.75 Å². The molecule has 2 aliphatic heterocycles. The van der Waals surface area contributed by atoms with Crippen LogP contribution in [-0.2, 0) is 14.8 Å². The van der Waals surface area contributed by atoms with E-state index in [1.807, 2.05) is 12.1 Å². The van der Waals surface area contributed by atoms with Gasteiger partial charge in [0.25, 0.3) is 0 Å². The largest absolute Gasteiger partial charge is 0.573 e. The second kappa shape index (κ2) is 8.58. The van der Waals surface area contributed by atoms with Crippen LogP contribution in [0, 0.1) is 5.92 Å². The summed E-state index contributed by atoms with van der Waals surface area (Å²) in [5, 5.41) is 0. The fourth-order valence-electron chi connectivity index (χ4n) is 3.80. The van der Waals surface area contributed by atoms with Crippen LogP contribution in [-0.4, -0.2) is 74.1 Å². The van der Waals surface area contributed by atoms with Gasteiger partial charge in [-0.2, -0.15) is 4.31 Å². The highest BCUT2D eigenvalue weighted by atomic mass is 32.2. The van der Waals surface area contributed by atoms with Crippen molar-refractivity contribution in [2.45, 2.75) is 11.3 Å². The summed E-state index contributed by atoms with van der Waals surface area (Å²) in [4.78, 5) is 20.0. The molecule has 12 heteroatoms. The standard InChI is InChI=1S/C20H21F3N4O4S/c21-20(22,23)31-17-3-1-2-4-18(17)32(29,30)27-13-15(14-27)19(28)26-11-9-25(10-12-26)16-5-7-24-8-6-16/h1-8,15H,9-14H2. The lowest BCUT2D eigenvalue weighted by molar-refractivity contribution is -0.275. The lowest BCUT2D eigenvalue weighted by Crippen LogP contribution is -2.59. The van der Waals surface area contributed by atoms with Crippen molar-refractivity contribution in [2.75, 3.05) is 44.2 Å². The number of carbonyl (C=O) groups excluding carboxylic acids is 1. The van der Waals surface area contributed by atoms with E-state index in [4.69, 9.17) is 0 Å². The minimum absolute atomic E-state index is 0.0773. The average Bonchev–Trinajstić information content (AvgIpc) is 2.72. The molecule has 0 spiro atoms. The molecule has 0 saturated carbocycles. The lowest BCUT2D eigenvalue weighted by atomic mass is 10.0. The molecule has 2 aliphatic rings. The van der Waals surface area contributed by atoms with Gasteiger partial charge in [0.15, 0.2) is 0 Å². The minimum atomic E-state index is -5.02. The lowest BCUT2D eigenvalue weighted by Gasteiger charge is -2.42. The zero-order valence-corrected chi connectivity index (χ0v) is 17.7. The molecule has 4 rings (SSSR count). The maximum Gasteiger partial charge on any atom is 0.573 e. The molecule has 0 unspecified atom stereocenters. The van der Waals surface area contributed by atoms with E-state index < -0.39 is 32.9 Å². The normalized spacial score (nSPS) is 18.3. The number of anilines is 1. The van der Waals surface area contributed by atoms with Gasteiger partial charge < -0.3 is 14.5 Å². The number of benzene rings is 1. The van der Waals surface area contributed by atoms with E-state index in [9.17, 15) is 26.4 Å². The summed E-state index contributed by atoms with van der Waals surface area (Å²) < 4.78 is 68.4. The number of ether oxygens (including phenoxy) is 1. The highest BCUT2D eigenvalue weighted by molar-refractivity contribution is 7.89. The van der Waals surface area contributed by atoms with Gasteiger partial charge >= 0.3 is 6.36 Å². The summed E-state index contributed by atoms with van der Waals surface area (Å²) in [6.07, 6.45) is -1.61. The Labute approximate surface area is 183 Å². The molecule has 1 aromatic carbocycles. The number of amides is 1. The molecule has 32 heavy (non-hydrogen) atoms. The van der Waals surface area contributed by atoms with E-state index in [0.717, 1.165) is 22.1 Å². The molecule has 8 nitrogen and oxygen atoms in total. The van der Waals surface area contributed by atoms with Gasteiger partial charge in [-0.1, -0.05) is 12.1 Å². The number of carbonyl (C=O) groups is 1. The molecule has 172 valence electrons. The van der Waals surface area contributed by atoms with Crippen LogP contribution in [0.2, 0.25) is 0 Å². The fourth-order valence-corrected chi connectivity index (χ4v) is 5.45. The van der Waals surface area contributed by atoms with Crippen LogP contribution in [0.4, 0.5) is 18.9 Å². The first kappa shape index (κ1) is 22.3. The van der Waals surface area contributed by atoms with Gasteiger partial charge in [0.2, 0.25) is 15.9 Å². The smallest absolute Gasteiger partial charge is 0.404 e. The molecule has 0 bridgehead atoms. The summed E-state index contributed by atoms with van der Waals surface area (Å²) in [5.41, 5.74) is 1.02. The maximum absolute atomic E-state index is 12.8. The fraction of sp³-hybridized carbons (Fsp3) is 0.400. The molecule has 1 aromatic heterocycles. The predicted molar refractivity (Wildman–Crippen MR) is 108 cm³/mol. The highest BCUT2D eigenvalue weighted by Gasteiger charge is 2.44. The number of aromatic nitrogens is 1. The molecule has 3 heterocycles. The number of rotatable bonds is 5. The first-order valence-corrected chi connectivity index (χ1v) is 11.4. The summed E-state index contributed by atoms with van der Waals surface area (Å²) in [7, 11) is -4.22. The Morgan fingerprint density at radius 2 is 1.62 bits per heavy atom. The van der Waals surface area contributed by atoms with Crippen LogP contribution in [0.15, 0.2) is 53.7 Å². The van der Waals surface area contributed by atoms with E-state index in [-0.39, 0.29) is 19.0 Å². The van der Waals surface area contributed by atoms with Crippen molar-refractivity contribution >= 4 is 21.6 Å². The highest BCUT2D eigenvalue weighted by Crippen LogP contribution is 2.34. The number of piperazine rings is 1. The Kier molecular flexibility index (Phi) is 5.99. The average molecular weight is 470 g/mol. The molecule has 0 radical (unpaired) electrons. The topological polar surface area (TPSA) is 83.0 Å². The molecule has 0 atom stereocenters. The van der Waals surface area contributed by atoms with Crippen molar-refractivity contribution in [3.05, 3.63) is 48.8 Å². The molecule has 0 N–H and O–H groups in total. The van der Waals surface area contributed by atoms with E-state index in [1.54, 1.807) is 17.3 Å². The zero-order valence-electron chi connectivity index (χ0n) is 16.9. The van der Waals surface area contributed by atoms with Gasteiger partial charge in [-0.15, -0.1) is 13.2 Å². The third-order valence-corrected chi connectivity index (χ3v) is 7.38. The predicted octanol–water partition coefficient (Wildman–Crippen LogP) is 1.95. The van der Waals surface area contributed by atoms with Gasteiger partial charge in [-0.25, -0.2) is 8.42 Å². The quantitative estimate of drug-likeness (QED) is 0.665. The number of hydrogen-bond acceptors (Lipinski definition) is 6. The monoisotopic (exact) mass is 470 g/mol. The number of halogens is 3. The van der Waals surface area contributed by atoms with E-state index in [1.165, 1.54) is 12.1 Å². The summed E-state index contributed by atoms with van der Waals surface area (Å²) in [6, 6.07) is 8.38. The Bertz CT molecular complexity index is 1070. The number of para-hydroxylation sites is 1. The minimum Gasteiger partial charge on any atom is -0.404 e. The third kappa shape index (κ3) is 4.65. The number of sulfonamides is 1. The maximum atomic E-state index is 12.8. The second-order valence-electron chi connectivity index (χ2n) is 7.53. The van der Waals surface area contributed by atoms with E-state index in [2.05, 4.69) is 14.6 Å². The molecule has 0 aliphatic carbocycles. The molecule has 2 saturated heterocycles. The molecular formula is C20H21F3N4O4S. The summed E-state index contributed by atoms with van der Waals surface area (Å²) >= 11 is 0. The number of hydrogen-bond donors (Lipinski definition) is 0. The van der Waals surface area contributed by atoms with E-state index >= 15 is 0 Å². The Morgan fingerprint density at radius 1 is 1.00 bits per heavy atom. The van der Waals surface area contributed by atoms with E-state index in [0.29, 0.717) is 26.2 Å². The van der Waals surface area contributed by atoms with Gasteiger partial charge in [-0.3, -0.25) is 9.78 Å². The van der Waals surface area contributed by atoms with Crippen LogP contribution >= 0.6 is 0 Å². The zero-order chi connectivity index (χ0) is 22.9. The third-order valence-electron chi connectivity index (χ3n) is 5.51. The van der Waals surface area contributed by atoms with Crippen LogP contribution < -0.4 is 9.64 Å².